The van der Waals surface area contributed by atoms with Crippen molar-refractivity contribution in [2.75, 3.05) is 0 Å². The van der Waals surface area contributed by atoms with E-state index in [0.29, 0.717) is 0 Å². The molecule has 162 valence electrons. The van der Waals surface area contributed by atoms with Crippen molar-refractivity contribution >= 4 is 56.6 Å². The highest BCUT2D eigenvalue weighted by atomic mass is 32.2. The first-order valence-corrected chi connectivity index (χ1v) is 13.8. The summed E-state index contributed by atoms with van der Waals surface area (Å²) in [6.07, 6.45) is 0. The molecule has 34 heavy (non-hydrogen) atoms. The monoisotopic (exact) mass is 473 g/mol. The van der Waals surface area contributed by atoms with Crippen LogP contribution in [0.4, 0.5) is 0 Å². The predicted octanol–water partition coefficient (Wildman–Crippen LogP) is 6.89. The van der Waals surface area contributed by atoms with Gasteiger partial charge in [-0.2, -0.15) is 0 Å². The molecule has 0 radical (unpaired) electrons. The van der Waals surface area contributed by atoms with Crippen LogP contribution in [0, 0.1) is 0 Å². The molecule has 7 rings (SSSR count). The van der Waals surface area contributed by atoms with E-state index in [1.54, 1.807) is 11.8 Å². The van der Waals surface area contributed by atoms with Crippen LogP contribution in [0.1, 0.15) is 0 Å². The molecule has 0 aliphatic carbocycles. The SMILES string of the molecule is O=P1(c2ccccc2)c2ccccc2Sc2ccc(-n3c4ccccc4c4ccccc43)cc21. The largest absolute Gasteiger partial charge is 0.309 e. The highest BCUT2D eigenvalue weighted by Gasteiger charge is 2.38. The highest BCUT2D eigenvalue weighted by Crippen LogP contribution is 2.52. The van der Waals surface area contributed by atoms with E-state index < -0.39 is 7.14 Å². The van der Waals surface area contributed by atoms with Gasteiger partial charge >= 0.3 is 0 Å². The van der Waals surface area contributed by atoms with E-state index in [0.717, 1.165) is 42.4 Å². The van der Waals surface area contributed by atoms with Gasteiger partial charge in [0, 0.05) is 42.2 Å². The zero-order valence-corrected chi connectivity index (χ0v) is 20.0. The molecule has 5 aromatic carbocycles. The maximum atomic E-state index is 15.1. The summed E-state index contributed by atoms with van der Waals surface area (Å²) in [5, 5.41) is 5.17. The maximum absolute atomic E-state index is 15.1. The van der Waals surface area contributed by atoms with Crippen molar-refractivity contribution in [3.8, 4) is 5.69 Å². The van der Waals surface area contributed by atoms with Crippen molar-refractivity contribution in [3.05, 3.63) is 121 Å². The van der Waals surface area contributed by atoms with E-state index in [1.165, 1.54) is 10.8 Å². The van der Waals surface area contributed by atoms with Gasteiger partial charge in [-0.1, -0.05) is 90.6 Å². The van der Waals surface area contributed by atoms with Crippen molar-refractivity contribution in [2.45, 2.75) is 9.79 Å². The third-order valence-electron chi connectivity index (χ3n) is 6.66. The van der Waals surface area contributed by atoms with Gasteiger partial charge in [0.25, 0.3) is 0 Å². The van der Waals surface area contributed by atoms with E-state index >= 15 is 4.57 Å². The van der Waals surface area contributed by atoms with Crippen LogP contribution in [0.3, 0.4) is 0 Å². The Labute approximate surface area is 202 Å². The standard InChI is InChI=1S/C30H20NOPS/c32-33(22-10-2-1-3-11-22)27-16-8-9-17-29(27)34-30-19-18-21(20-28(30)33)31-25-14-6-4-12-23(25)24-13-5-7-15-26(24)31/h1-20H. The predicted molar refractivity (Wildman–Crippen MR) is 144 cm³/mol. The number of hydrogen-bond donors (Lipinski definition) is 0. The Morgan fingerprint density at radius 2 is 1.15 bits per heavy atom. The summed E-state index contributed by atoms with van der Waals surface area (Å²) >= 11 is 1.71. The number of hydrogen-bond acceptors (Lipinski definition) is 2. The minimum atomic E-state index is -3.03. The minimum Gasteiger partial charge on any atom is -0.309 e. The van der Waals surface area contributed by atoms with E-state index in [2.05, 4.69) is 77.4 Å². The molecular formula is C30H20NOPS. The Morgan fingerprint density at radius 1 is 0.559 bits per heavy atom. The lowest BCUT2D eigenvalue weighted by Crippen LogP contribution is -2.30. The summed E-state index contributed by atoms with van der Waals surface area (Å²) < 4.78 is 17.4. The summed E-state index contributed by atoms with van der Waals surface area (Å²) in [6.45, 7) is 0. The second-order valence-electron chi connectivity index (χ2n) is 8.54. The van der Waals surface area contributed by atoms with Gasteiger partial charge in [-0.25, -0.2) is 0 Å². The van der Waals surface area contributed by atoms with Crippen molar-refractivity contribution < 1.29 is 4.57 Å². The minimum absolute atomic E-state index is 0.878. The zero-order valence-electron chi connectivity index (χ0n) is 18.3. The quantitative estimate of drug-likeness (QED) is 0.255. The average molecular weight is 474 g/mol. The normalized spacial score (nSPS) is 16.9. The Hall–Kier alpha value is -3.52. The highest BCUT2D eigenvalue weighted by molar-refractivity contribution is 8.02. The fourth-order valence-corrected chi connectivity index (χ4v) is 9.83. The van der Waals surface area contributed by atoms with Crippen molar-refractivity contribution in [1.29, 1.82) is 0 Å². The number of aromatic nitrogens is 1. The maximum Gasteiger partial charge on any atom is 0.173 e. The lowest BCUT2D eigenvalue weighted by molar-refractivity contribution is 0.591. The van der Waals surface area contributed by atoms with Gasteiger partial charge in [0.05, 0.1) is 11.0 Å². The third kappa shape index (κ3) is 2.75. The van der Waals surface area contributed by atoms with Gasteiger partial charge in [0.1, 0.15) is 0 Å². The molecule has 0 saturated carbocycles. The molecule has 0 fully saturated rings. The molecule has 2 heterocycles. The Bertz CT molecular complexity index is 1720. The van der Waals surface area contributed by atoms with Gasteiger partial charge in [0.15, 0.2) is 7.14 Å². The molecule has 0 bridgehead atoms. The Balaban J connectivity index is 1.55. The summed E-state index contributed by atoms with van der Waals surface area (Å²) in [5.41, 5.74) is 3.34. The van der Waals surface area contributed by atoms with Gasteiger partial charge in [-0.15, -0.1) is 0 Å². The molecule has 1 aromatic heterocycles. The lowest BCUT2D eigenvalue weighted by Gasteiger charge is -2.29. The van der Waals surface area contributed by atoms with Gasteiger partial charge in [-0.05, 0) is 42.5 Å². The summed E-state index contributed by atoms with van der Waals surface area (Å²) in [4.78, 5) is 2.14. The Morgan fingerprint density at radius 3 is 1.88 bits per heavy atom. The lowest BCUT2D eigenvalue weighted by atomic mass is 10.2. The second-order valence-corrected chi connectivity index (χ2v) is 12.3. The summed E-state index contributed by atoms with van der Waals surface area (Å²) in [6, 6.07) is 41.6. The smallest absolute Gasteiger partial charge is 0.173 e. The first-order chi connectivity index (χ1) is 16.7. The number of para-hydroxylation sites is 2. The molecule has 4 heteroatoms. The first-order valence-electron chi connectivity index (χ1n) is 11.3. The van der Waals surface area contributed by atoms with E-state index in [1.807, 2.05) is 48.5 Å². The van der Waals surface area contributed by atoms with Crippen molar-refractivity contribution in [2.24, 2.45) is 0 Å². The molecule has 0 spiro atoms. The Kier molecular flexibility index (Phi) is 4.39. The fraction of sp³-hybridized carbons (Fsp3) is 0. The third-order valence-corrected chi connectivity index (χ3v) is 11.3. The van der Waals surface area contributed by atoms with Crippen molar-refractivity contribution in [1.82, 2.24) is 4.57 Å². The van der Waals surface area contributed by atoms with Crippen LogP contribution in [-0.4, -0.2) is 4.57 Å². The van der Waals surface area contributed by atoms with Gasteiger partial charge < -0.3 is 9.13 Å². The van der Waals surface area contributed by atoms with Crippen LogP contribution in [0.5, 0.6) is 0 Å². The molecule has 0 N–H and O–H groups in total. The molecule has 0 amide bonds. The summed E-state index contributed by atoms with van der Waals surface area (Å²) in [7, 11) is -3.03. The summed E-state index contributed by atoms with van der Waals surface area (Å²) in [5.74, 6) is 0. The molecule has 2 nitrogen and oxygen atoms in total. The van der Waals surface area contributed by atoms with Crippen LogP contribution >= 0.6 is 18.9 Å². The van der Waals surface area contributed by atoms with Crippen molar-refractivity contribution in [3.63, 3.8) is 0 Å². The van der Waals surface area contributed by atoms with E-state index in [4.69, 9.17) is 0 Å². The first kappa shape index (κ1) is 19.9. The van der Waals surface area contributed by atoms with Crippen LogP contribution in [0.15, 0.2) is 131 Å². The molecular weight excluding hydrogens is 453 g/mol. The molecule has 0 saturated heterocycles. The van der Waals surface area contributed by atoms with E-state index in [-0.39, 0.29) is 0 Å². The van der Waals surface area contributed by atoms with Gasteiger partial charge in [0.2, 0.25) is 0 Å². The number of benzene rings is 5. The second kappa shape index (κ2) is 7.50. The van der Waals surface area contributed by atoms with Gasteiger partial charge in [-0.3, -0.25) is 0 Å². The molecule has 6 aromatic rings. The van der Waals surface area contributed by atoms with Crippen LogP contribution < -0.4 is 15.9 Å². The topological polar surface area (TPSA) is 22.0 Å². The molecule has 1 unspecified atom stereocenters. The molecule has 1 aliphatic heterocycles. The molecule has 1 atom stereocenters. The number of rotatable bonds is 2. The fourth-order valence-electron chi connectivity index (χ4n) is 5.15. The molecule has 1 aliphatic rings. The zero-order chi connectivity index (χ0) is 22.7. The van der Waals surface area contributed by atoms with Crippen LogP contribution in [0.25, 0.3) is 27.5 Å². The van der Waals surface area contributed by atoms with Crippen LogP contribution in [0.2, 0.25) is 0 Å². The van der Waals surface area contributed by atoms with E-state index in [9.17, 15) is 0 Å². The number of nitrogens with zero attached hydrogens (tertiary/aromatic N) is 1. The average Bonchev–Trinajstić information content (AvgIpc) is 3.24. The van der Waals surface area contributed by atoms with Crippen LogP contribution in [-0.2, 0) is 4.57 Å². The number of fused-ring (bicyclic) bond motifs is 5.